The molecule has 0 unspecified atom stereocenters. The fourth-order valence-electron chi connectivity index (χ4n) is 0.987. The lowest BCUT2D eigenvalue weighted by Crippen LogP contribution is -2.20. The Bertz CT molecular complexity index is 361. The Balaban J connectivity index is 2.71. The number of aliphatic hydroxyl groups excluding tert-OH is 1. The summed E-state index contributed by atoms with van der Waals surface area (Å²) < 4.78 is 4.38. The minimum Gasteiger partial charge on any atom is -0.435 e. The van der Waals surface area contributed by atoms with E-state index in [1.165, 1.54) is 12.1 Å². The van der Waals surface area contributed by atoms with E-state index >= 15 is 0 Å². The summed E-state index contributed by atoms with van der Waals surface area (Å²) in [5.74, 6) is -0.785. The number of anilines is 1. The largest absolute Gasteiger partial charge is 0.435 e. The Morgan fingerprint density at radius 2 is 2.07 bits per heavy atom. The van der Waals surface area contributed by atoms with Gasteiger partial charge in [-0.15, -0.1) is 0 Å². The van der Waals surface area contributed by atoms with Crippen LogP contribution in [0.5, 0.6) is 0 Å². The monoisotopic (exact) mass is 209 g/mol. The van der Waals surface area contributed by atoms with E-state index in [2.05, 4.69) is 10.1 Å². The number of aliphatic hydroxyl groups is 1. The van der Waals surface area contributed by atoms with E-state index in [-0.39, 0.29) is 5.96 Å². The van der Waals surface area contributed by atoms with Crippen LogP contribution in [0.1, 0.15) is 10.4 Å². The van der Waals surface area contributed by atoms with E-state index in [0.29, 0.717) is 11.3 Å². The van der Waals surface area contributed by atoms with Crippen LogP contribution in [0.2, 0.25) is 0 Å². The highest BCUT2D eigenvalue weighted by Gasteiger charge is 2.05. The van der Waals surface area contributed by atoms with Gasteiger partial charge in [0.05, 0.1) is 5.56 Å². The van der Waals surface area contributed by atoms with Gasteiger partial charge in [0, 0.05) is 5.69 Å². The van der Waals surface area contributed by atoms with Crippen molar-refractivity contribution in [2.75, 3.05) is 12.1 Å². The lowest BCUT2D eigenvalue weighted by Gasteiger charge is -2.04. The molecule has 0 heterocycles. The zero-order valence-electron chi connectivity index (χ0n) is 7.86. The molecule has 0 aliphatic rings. The van der Waals surface area contributed by atoms with Crippen molar-refractivity contribution in [1.29, 1.82) is 5.41 Å². The van der Waals surface area contributed by atoms with Crippen LogP contribution in [0.4, 0.5) is 5.69 Å². The van der Waals surface area contributed by atoms with E-state index in [1.807, 2.05) is 0 Å². The maximum Gasteiger partial charge on any atom is 0.340 e. The molecule has 1 aromatic carbocycles. The first-order valence-electron chi connectivity index (χ1n) is 4.12. The summed E-state index contributed by atoms with van der Waals surface area (Å²) in [7, 11) is 0. The Morgan fingerprint density at radius 1 is 1.47 bits per heavy atom. The van der Waals surface area contributed by atoms with Crippen LogP contribution in [0.25, 0.3) is 0 Å². The molecule has 15 heavy (non-hydrogen) atoms. The van der Waals surface area contributed by atoms with Crippen molar-refractivity contribution in [3.05, 3.63) is 29.8 Å². The first-order valence-corrected chi connectivity index (χ1v) is 4.12. The molecule has 80 valence electrons. The Hall–Kier alpha value is -2.08. The summed E-state index contributed by atoms with van der Waals surface area (Å²) in [6.07, 6.45) is 0. The van der Waals surface area contributed by atoms with Crippen LogP contribution in [0, 0.1) is 5.41 Å². The van der Waals surface area contributed by atoms with Gasteiger partial charge in [0.1, 0.15) is 0 Å². The number of carbonyl (C=O) groups excluding carboxylic acids is 1. The minimum absolute atomic E-state index is 0.180. The molecule has 0 fully saturated rings. The van der Waals surface area contributed by atoms with Crippen LogP contribution in [-0.2, 0) is 4.74 Å². The van der Waals surface area contributed by atoms with Crippen molar-refractivity contribution < 1.29 is 14.6 Å². The van der Waals surface area contributed by atoms with Crippen LogP contribution in [0.15, 0.2) is 24.3 Å². The molecule has 0 bridgehead atoms. The SMILES string of the molecule is N=C(N)Nc1ccc(C(=O)OCO)cc1. The van der Waals surface area contributed by atoms with E-state index in [9.17, 15) is 4.79 Å². The van der Waals surface area contributed by atoms with Gasteiger partial charge in [0.2, 0.25) is 0 Å². The highest BCUT2D eigenvalue weighted by molar-refractivity contribution is 5.92. The summed E-state index contributed by atoms with van der Waals surface area (Å²) in [6, 6.07) is 6.16. The second-order valence-electron chi connectivity index (χ2n) is 2.68. The Morgan fingerprint density at radius 3 is 2.53 bits per heavy atom. The van der Waals surface area contributed by atoms with Crippen molar-refractivity contribution in [3.63, 3.8) is 0 Å². The molecule has 0 amide bonds. The number of carbonyl (C=O) groups is 1. The standard InChI is InChI=1S/C9H11N3O3/c10-9(11)12-7-3-1-6(2-4-7)8(14)15-5-13/h1-4,13H,5H2,(H4,10,11,12). The van der Waals surface area contributed by atoms with E-state index in [0.717, 1.165) is 0 Å². The number of esters is 1. The van der Waals surface area contributed by atoms with Gasteiger partial charge < -0.3 is 20.9 Å². The molecule has 5 N–H and O–H groups in total. The third kappa shape index (κ3) is 3.28. The molecule has 6 heteroatoms. The summed E-state index contributed by atoms with van der Waals surface area (Å²) in [6.45, 7) is -0.647. The molecule has 0 radical (unpaired) electrons. The number of ether oxygens (including phenoxy) is 1. The summed E-state index contributed by atoms with van der Waals surface area (Å²) in [5.41, 5.74) is 6.04. The predicted octanol–water partition coefficient (Wildman–Crippen LogP) is 0.0986. The van der Waals surface area contributed by atoms with Crippen LogP contribution in [0.3, 0.4) is 0 Å². The van der Waals surface area contributed by atoms with Gasteiger partial charge in [-0.25, -0.2) is 4.79 Å². The van der Waals surface area contributed by atoms with E-state index < -0.39 is 12.8 Å². The molecule has 1 rings (SSSR count). The third-order valence-corrected chi connectivity index (χ3v) is 1.60. The van der Waals surface area contributed by atoms with Crippen molar-refractivity contribution in [3.8, 4) is 0 Å². The summed E-state index contributed by atoms with van der Waals surface area (Å²) >= 11 is 0. The minimum atomic E-state index is -0.647. The number of nitrogens with two attached hydrogens (primary N) is 1. The number of hydrogen-bond donors (Lipinski definition) is 4. The molecular formula is C9H11N3O3. The first-order chi connectivity index (χ1) is 7.13. The molecule has 1 aromatic rings. The van der Waals surface area contributed by atoms with E-state index in [1.54, 1.807) is 12.1 Å². The highest BCUT2D eigenvalue weighted by atomic mass is 16.6. The lowest BCUT2D eigenvalue weighted by molar-refractivity contribution is 0.00684. The third-order valence-electron chi connectivity index (χ3n) is 1.60. The van der Waals surface area contributed by atoms with Gasteiger partial charge in [-0.2, -0.15) is 0 Å². The average Bonchev–Trinajstić information content (AvgIpc) is 2.18. The van der Waals surface area contributed by atoms with Crippen molar-refractivity contribution in [1.82, 2.24) is 0 Å². The number of rotatable bonds is 3. The average molecular weight is 209 g/mol. The lowest BCUT2D eigenvalue weighted by atomic mass is 10.2. The van der Waals surface area contributed by atoms with Gasteiger partial charge in [-0.3, -0.25) is 5.41 Å². The fraction of sp³-hybridized carbons (Fsp3) is 0.111. The summed E-state index contributed by atoms with van der Waals surface area (Å²) in [5, 5.41) is 17.9. The van der Waals surface area contributed by atoms with Crippen molar-refractivity contribution in [2.24, 2.45) is 5.73 Å². The van der Waals surface area contributed by atoms with Crippen LogP contribution >= 0.6 is 0 Å². The zero-order valence-corrected chi connectivity index (χ0v) is 7.86. The second kappa shape index (κ2) is 4.97. The van der Waals surface area contributed by atoms with E-state index in [4.69, 9.17) is 16.2 Å². The van der Waals surface area contributed by atoms with Gasteiger partial charge in [-0.1, -0.05) is 0 Å². The van der Waals surface area contributed by atoms with Crippen molar-refractivity contribution >= 4 is 17.6 Å². The molecule has 0 spiro atoms. The van der Waals surface area contributed by atoms with Crippen LogP contribution < -0.4 is 11.1 Å². The fourth-order valence-corrected chi connectivity index (χ4v) is 0.987. The zero-order chi connectivity index (χ0) is 11.3. The summed E-state index contributed by atoms with van der Waals surface area (Å²) in [4.78, 5) is 11.1. The van der Waals surface area contributed by atoms with Gasteiger partial charge in [0.25, 0.3) is 0 Å². The van der Waals surface area contributed by atoms with Crippen molar-refractivity contribution in [2.45, 2.75) is 0 Å². The molecule has 0 aromatic heterocycles. The maximum absolute atomic E-state index is 11.1. The first kappa shape index (κ1) is 11.0. The predicted molar refractivity (Wildman–Crippen MR) is 54.5 cm³/mol. The van der Waals surface area contributed by atoms with Gasteiger partial charge in [-0.05, 0) is 24.3 Å². The second-order valence-corrected chi connectivity index (χ2v) is 2.68. The topological polar surface area (TPSA) is 108 Å². The molecule has 6 nitrogen and oxygen atoms in total. The number of guanidine groups is 1. The molecule has 0 atom stereocenters. The number of benzene rings is 1. The number of hydrogen-bond acceptors (Lipinski definition) is 4. The molecule has 0 aliphatic carbocycles. The van der Waals surface area contributed by atoms with Gasteiger partial charge in [0.15, 0.2) is 12.8 Å². The molecule has 0 saturated carbocycles. The molecular weight excluding hydrogens is 198 g/mol. The normalized spacial score (nSPS) is 9.40. The Kier molecular flexibility index (Phi) is 3.64. The number of nitrogens with one attached hydrogen (secondary N) is 2. The smallest absolute Gasteiger partial charge is 0.340 e. The van der Waals surface area contributed by atoms with Gasteiger partial charge >= 0.3 is 5.97 Å². The Labute approximate surface area is 86.2 Å². The molecule has 0 aliphatic heterocycles. The quantitative estimate of drug-likeness (QED) is 0.244. The van der Waals surface area contributed by atoms with Crippen LogP contribution in [-0.4, -0.2) is 23.8 Å². The maximum atomic E-state index is 11.1. The highest BCUT2D eigenvalue weighted by Crippen LogP contribution is 2.09. The molecule has 0 saturated heterocycles.